The number of nitrogens with zero attached hydrogens (tertiary/aromatic N) is 1. The Kier molecular flexibility index (Phi) is 4.53. The van der Waals surface area contributed by atoms with Crippen LogP contribution in [0.2, 0.25) is 0 Å². The molecule has 0 fully saturated rings. The fraction of sp³-hybridized carbons (Fsp3) is 0.200. The van der Waals surface area contributed by atoms with Crippen LogP contribution in [0.15, 0.2) is 22.6 Å². The molecule has 0 spiro atoms. The van der Waals surface area contributed by atoms with Crippen LogP contribution >= 0.6 is 0 Å². The molecule has 0 bridgehead atoms. The van der Waals surface area contributed by atoms with Gasteiger partial charge in [0, 0.05) is 25.4 Å². The molecule has 1 aromatic rings. The van der Waals surface area contributed by atoms with Crippen molar-refractivity contribution in [3.05, 3.63) is 18.2 Å². The minimum absolute atomic E-state index is 0.249. The third-order valence-electron chi connectivity index (χ3n) is 1.86. The Morgan fingerprint density at radius 1 is 1.29 bits per heavy atom. The molecule has 3 amide bonds. The molecule has 0 aliphatic carbocycles. The monoisotopic (exact) mass is 253 g/mol. The minimum Gasteiger partial charge on any atom is -0.497 e. The molecule has 0 saturated carbocycles. The van der Waals surface area contributed by atoms with Crippen molar-refractivity contribution in [2.75, 3.05) is 17.7 Å². The first-order chi connectivity index (χ1) is 8.06. The molecule has 0 aliphatic rings. The first-order valence-corrected chi connectivity index (χ1v) is 5.03. The van der Waals surface area contributed by atoms with Gasteiger partial charge in [-0.1, -0.05) is 0 Å². The molecule has 0 unspecified atom stereocenters. The van der Waals surface area contributed by atoms with E-state index in [1.54, 1.807) is 18.2 Å². The molecule has 0 aromatic heterocycles. The highest BCUT2D eigenvalue weighted by molar-refractivity contribution is 7.47. The Morgan fingerprint density at radius 2 is 2.00 bits per heavy atom. The van der Waals surface area contributed by atoms with Crippen molar-refractivity contribution in [1.29, 1.82) is 0 Å². The summed E-state index contributed by atoms with van der Waals surface area (Å²) in [4.78, 5) is 22.1. The SMILES string of the molecule is COc1ccc(NC(C)=O)c(NC(=O)N=S)c1. The number of nitrogens with one attached hydrogen (secondary N) is 2. The number of carbonyl (C=O) groups excluding carboxylic acids is 2. The summed E-state index contributed by atoms with van der Waals surface area (Å²) >= 11 is 4.26. The van der Waals surface area contributed by atoms with E-state index in [1.165, 1.54) is 14.0 Å². The Labute approximate surface area is 104 Å². The van der Waals surface area contributed by atoms with E-state index in [1.807, 2.05) is 0 Å². The van der Waals surface area contributed by atoms with Crippen molar-refractivity contribution in [1.82, 2.24) is 0 Å². The van der Waals surface area contributed by atoms with Crippen molar-refractivity contribution in [3.63, 3.8) is 0 Å². The molecule has 17 heavy (non-hydrogen) atoms. The van der Waals surface area contributed by atoms with Crippen LogP contribution in [0.3, 0.4) is 0 Å². The molecule has 1 rings (SSSR count). The van der Waals surface area contributed by atoms with Crippen molar-refractivity contribution >= 4 is 35.7 Å². The molecule has 2 N–H and O–H groups in total. The van der Waals surface area contributed by atoms with Crippen LogP contribution in [0.5, 0.6) is 5.75 Å². The van der Waals surface area contributed by atoms with Crippen LogP contribution in [0.25, 0.3) is 0 Å². The number of anilines is 2. The molecule has 90 valence electrons. The Balaban J connectivity index is 3.06. The van der Waals surface area contributed by atoms with E-state index >= 15 is 0 Å². The van der Waals surface area contributed by atoms with Gasteiger partial charge in [-0.05, 0) is 12.1 Å². The fourth-order valence-electron chi connectivity index (χ4n) is 1.19. The van der Waals surface area contributed by atoms with Crippen molar-refractivity contribution in [2.24, 2.45) is 4.36 Å². The maximum atomic E-state index is 11.1. The fourth-order valence-corrected chi connectivity index (χ4v) is 1.24. The van der Waals surface area contributed by atoms with Crippen LogP contribution < -0.4 is 15.4 Å². The number of urea groups is 1. The van der Waals surface area contributed by atoms with Gasteiger partial charge in [0.1, 0.15) is 5.75 Å². The smallest absolute Gasteiger partial charge is 0.356 e. The van der Waals surface area contributed by atoms with Gasteiger partial charge in [0.2, 0.25) is 5.91 Å². The van der Waals surface area contributed by atoms with Crippen LogP contribution in [-0.2, 0) is 17.2 Å². The maximum Gasteiger partial charge on any atom is 0.356 e. The highest BCUT2D eigenvalue weighted by atomic mass is 32.1. The first-order valence-electron chi connectivity index (χ1n) is 4.66. The molecule has 0 heterocycles. The molecule has 0 aliphatic heterocycles. The lowest BCUT2D eigenvalue weighted by Gasteiger charge is -2.11. The van der Waals surface area contributed by atoms with Gasteiger partial charge >= 0.3 is 6.03 Å². The van der Waals surface area contributed by atoms with Gasteiger partial charge in [0.05, 0.1) is 18.5 Å². The van der Waals surface area contributed by atoms with E-state index in [0.29, 0.717) is 17.1 Å². The zero-order chi connectivity index (χ0) is 12.8. The van der Waals surface area contributed by atoms with Crippen LogP contribution in [0, 0.1) is 0 Å². The number of amides is 3. The quantitative estimate of drug-likeness (QED) is 0.862. The molecular weight excluding hydrogens is 242 g/mol. The standard InChI is InChI=1S/C10H11N3O3S/c1-6(14)11-8-4-3-7(16-2)5-9(8)12-10(15)13-17/h3-5H,1-2H3,(H,11,14)(H,12,15). The zero-order valence-corrected chi connectivity index (χ0v) is 10.1. The van der Waals surface area contributed by atoms with E-state index in [-0.39, 0.29) is 5.91 Å². The second kappa shape index (κ2) is 5.90. The summed E-state index contributed by atoms with van der Waals surface area (Å²) in [6, 6.07) is 4.15. The van der Waals surface area contributed by atoms with E-state index in [4.69, 9.17) is 4.74 Å². The molecular formula is C10H11N3O3S. The van der Waals surface area contributed by atoms with E-state index in [9.17, 15) is 9.59 Å². The third kappa shape index (κ3) is 3.80. The number of hydrogen-bond donors (Lipinski definition) is 2. The summed E-state index contributed by atoms with van der Waals surface area (Å²) in [5.74, 6) is 0.291. The normalized spacial score (nSPS) is 9.29. The lowest BCUT2D eigenvalue weighted by Crippen LogP contribution is -2.11. The van der Waals surface area contributed by atoms with Crippen LogP contribution in [0.1, 0.15) is 6.92 Å². The summed E-state index contributed by atoms with van der Waals surface area (Å²) in [6.07, 6.45) is 0. The average molecular weight is 253 g/mol. The summed E-state index contributed by atoms with van der Waals surface area (Å²) in [5, 5.41) is 5.01. The lowest BCUT2D eigenvalue weighted by atomic mass is 10.2. The van der Waals surface area contributed by atoms with Crippen molar-refractivity contribution in [3.8, 4) is 5.75 Å². The van der Waals surface area contributed by atoms with E-state index < -0.39 is 6.03 Å². The summed E-state index contributed by atoms with van der Waals surface area (Å²) in [7, 11) is 1.50. The Bertz CT molecular complexity index is 462. The van der Waals surface area contributed by atoms with E-state index in [0.717, 1.165) is 0 Å². The first kappa shape index (κ1) is 13.0. The van der Waals surface area contributed by atoms with Crippen LogP contribution in [0.4, 0.5) is 16.2 Å². The highest BCUT2D eigenvalue weighted by Gasteiger charge is 2.08. The molecule has 0 saturated heterocycles. The predicted molar refractivity (Wildman–Crippen MR) is 66.1 cm³/mol. The maximum absolute atomic E-state index is 11.1. The van der Waals surface area contributed by atoms with Gasteiger partial charge in [-0.2, -0.15) is 0 Å². The Morgan fingerprint density at radius 3 is 2.53 bits per heavy atom. The van der Waals surface area contributed by atoms with Crippen molar-refractivity contribution < 1.29 is 14.3 Å². The molecule has 6 nitrogen and oxygen atoms in total. The second-order valence-corrected chi connectivity index (χ2v) is 3.30. The number of ether oxygens (including phenoxy) is 1. The highest BCUT2D eigenvalue weighted by Crippen LogP contribution is 2.27. The average Bonchev–Trinajstić information content (AvgIpc) is 2.30. The largest absolute Gasteiger partial charge is 0.497 e. The summed E-state index contributed by atoms with van der Waals surface area (Å²) < 4.78 is 8.05. The predicted octanol–water partition coefficient (Wildman–Crippen LogP) is 1.92. The minimum atomic E-state index is -0.681. The topological polar surface area (TPSA) is 79.8 Å². The van der Waals surface area contributed by atoms with Gasteiger partial charge in [0.15, 0.2) is 0 Å². The molecule has 0 radical (unpaired) electrons. The van der Waals surface area contributed by atoms with Gasteiger partial charge in [-0.25, -0.2) is 4.79 Å². The zero-order valence-electron chi connectivity index (χ0n) is 9.31. The molecule has 0 atom stereocenters. The molecule has 7 heteroatoms. The van der Waals surface area contributed by atoms with Gasteiger partial charge in [0.25, 0.3) is 0 Å². The Hall–Kier alpha value is -2.02. The number of benzene rings is 1. The van der Waals surface area contributed by atoms with E-state index in [2.05, 4.69) is 27.4 Å². The third-order valence-corrected chi connectivity index (χ3v) is 2.03. The molecule has 1 aromatic carbocycles. The van der Waals surface area contributed by atoms with Crippen molar-refractivity contribution in [2.45, 2.75) is 6.92 Å². The summed E-state index contributed by atoms with van der Waals surface area (Å²) in [5.41, 5.74) is 0.823. The summed E-state index contributed by atoms with van der Waals surface area (Å²) in [6.45, 7) is 1.37. The number of rotatable bonds is 3. The number of carbonyl (C=O) groups is 2. The lowest BCUT2D eigenvalue weighted by molar-refractivity contribution is -0.114. The van der Waals surface area contributed by atoms with Gasteiger partial charge in [-0.15, -0.1) is 4.36 Å². The number of methoxy groups -OCH3 is 1. The van der Waals surface area contributed by atoms with Crippen LogP contribution in [-0.4, -0.2) is 19.0 Å². The van der Waals surface area contributed by atoms with Gasteiger partial charge in [-0.3, -0.25) is 4.79 Å². The second-order valence-electron chi connectivity index (χ2n) is 3.11. The van der Waals surface area contributed by atoms with Gasteiger partial charge < -0.3 is 15.4 Å². The number of hydrogen-bond acceptors (Lipinski definition) is 4.